The van der Waals surface area contributed by atoms with Gasteiger partial charge in [-0.25, -0.2) is 0 Å². The minimum absolute atomic E-state index is 0.921. The van der Waals surface area contributed by atoms with Crippen molar-refractivity contribution in [2.45, 2.75) is 6.42 Å². The van der Waals surface area contributed by atoms with E-state index in [1.807, 2.05) is 0 Å². The van der Waals surface area contributed by atoms with Crippen molar-refractivity contribution in [2.75, 3.05) is 6.54 Å². The molecule has 2 rings (SSSR count). The average molecular weight is 81.1 g/mol. The van der Waals surface area contributed by atoms with Crippen LogP contribution in [0, 0.1) is 11.8 Å². The Kier molecular flexibility index (Phi) is 0.312. The molecule has 1 aliphatic heterocycles. The van der Waals surface area contributed by atoms with Gasteiger partial charge in [-0.3, -0.25) is 4.99 Å². The van der Waals surface area contributed by atoms with E-state index in [-0.39, 0.29) is 0 Å². The van der Waals surface area contributed by atoms with Crippen LogP contribution >= 0.6 is 0 Å². The lowest BCUT2D eigenvalue weighted by molar-refractivity contribution is 0.864. The van der Waals surface area contributed by atoms with Gasteiger partial charge in [-0.2, -0.15) is 0 Å². The van der Waals surface area contributed by atoms with Crippen LogP contribution in [0.25, 0.3) is 0 Å². The van der Waals surface area contributed by atoms with Gasteiger partial charge < -0.3 is 0 Å². The molecule has 0 amide bonds. The van der Waals surface area contributed by atoms with Crippen LogP contribution < -0.4 is 0 Å². The standard InChI is InChI=1S/C5H7N/c1-4-2-6-3-5(1)4/h2,4-5H,1,3H2/t4-,5+/m0/s1. The Balaban J connectivity index is 2.26. The molecule has 0 N–H and O–H groups in total. The zero-order valence-electron chi connectivity index (χ0n) is 3.59. The van der Waals surface area contributed by atoms with Gasteiger partial charge in [0.1, 0.15) is 0 Å². The molecule has 0 bridgehead atoms. The highest BCUT2D eigenvalue weighted by Crippen LogP contribution is 2.40. The Labute approximate surface area is 37.1 Å². The van der Waals surface area contributed by atoms with Gasteiger partial charge in [-0.15, -0.1) is 0 Å². The van der Waals surface area contributed by atoms with Crippen molar-refractivity contribution in [2.24, 2.45) is 16.8 Å². The predicted molar refractivity (Wildman–Crippen MR) is 25.0 cm³/mol. The number of fused-ring (bicyclic) bond motifs is 1. The average Bonchev–Trinajstić information content (AvgIpc) is 2.17. The first-order valence-corrected chi connectivity index (χ1v) is 2.47. The van der Waals surface area contributed by atoms with Crippen LogP contribution in [0.15, 0.2) is 4.99 Å². The Morgan fingerprint density at radius 1 is 1.67 bits per heavy atom. The Bertz CT molecular complexity index is 96.1. The molecular weight excluding hydrogens is 74.1 g/mol. The first-order valence-electron chi connectivity index (χ1n) is 2.47. The number of rotatable bonds is 0. The highest BCUT2D eigenvalue weighted by molar-refractivity contribution is 5.67. The normalized spacial score (nSPS) is 49.3. The maximum absolute atomic E-state index is 4.09. The zero-order valence-corrected chi connectivity index (χ0v) is 3.59. The fourth-order valence-electron chi connectivity index (χ4n) is 0.995. The quantitative estimate of drug-likeness (QED) is 0.407. The lowest BCUT2D eigenvalue weighted by Crippen LogP contribution is -1.72. The summed E-state index contributed by atoms with van der Waals surface area (Å²) in [6, 6.07) is 0. The number of hydrogen-bond acceptors (Lipinski definition) is 1. The molecule has 1 aliphatic carbocycles. The summed E-state index contributed by atoms with van der Waals surface area (Å²) >= 11 is 0. The Morgan fingerprint density at radius 3 is 2.83 bits per heavy atom. The van der Waals surface area contributed by atoms with Crippen LogP contribution in [-0.4, -0.2) is 12.8 Å². The molecule has 1 heterocycles. The minimum Gasteiger partial charge on any atom is -0.297 e. The van der Waals surface area contributed by atoms with Gasteiger partial charge in [0.2, 0.25) is 0 Å². The summed E-state index contributed by atoms with van der Waals surface area (Å²) in [6.07, 6.45) is 3.54. The van der Waals surface area contributed by atoms with E-state index in [9.17, 15) is 0 Å². The molecule has 2 aliphatic rings. The topological polar surface area (TPSA) is 12.4 Å². The molecule has 32 valence electrons. The van der Waals surface area contributed by atoms with Crippen LogP contribution in [0.5, 0.6) is 0 Å². The van der Waals surface area contributed by atoms with Gasteiger partial charge in [0.15, 0.2) is 0 Å². The maximum atomic E-state index is 4.09. The van der Waals surface area contributed by atoms with E-state index in [0.29, 0.717) is 0 Å². The molecule has 0 radical (unpaired) electrons. The molecular formula is C5H7N. The van der Waals surface area contributed by atoms with Gasteiger partial charge in [0.05, 0.1) is 0 Å². The van der Waals surface area contributed by atoms with Crippen LogP contribution in [-0.2, 0) is 0 Å². The fourth-order valence-corrected chi connectivity index (χ4v) is 0.995. The summed E-state index contributed by atoms with van der Waals surface area (Å²) in [5, 5.41) is 0. The summed E-state index contributed by atoms with van der Waals surface area (Å²) < 4.78 is 0. The van der Waals surface area contributed by atoms with E-state index in [1.165, 1.54) is 6.42 Å². The Morgan fingerprint density at radius 2 is 2.67 bits per heavy atom. The van der Waals surface area contributed by atoms with E-state index in [1.54, 1.807) is 0 Å². The van der Waals surface area contributed by atoms with Gasteiger partial charge >= 0.3 is 0 Å². The second-order valence-corrected chi connectivity index (χ2v) is 2.17. The van der Waals surface area contributed by atoms with Crippen LogP contribution in [0.3, 0.4) is 0 Å². The van der Waals surface area contributed by atoms with E-state index in [4.69, 9.17) is 0 Å². The number of hydrogen-bond donors (Lipinski definition) is 0. The summed E-state index contributed by atoms with van der Waals surface area (Å²) in [5.74, 6) is 1.91. The number of aliphatic imine (C=N–C) groups is 1. The van der Waals surface area contributed by atoms with Gasteiger partial charge in [-0.1, -0.05) is 0 Å². The predicted octanol–water partition coefficient (Wildman–Crippen LogP) is 0.707. The molecule has 1 nitrogen and oxygen atoms in total. The van der Waals surface area contributed by atoms with E-state index < -0.39 is 0 Å². The van der Waals surface area contributed by atoms with Crippen molar-refractivity contribution in [3.8, 4) is 0 Å². The van der Waals surface area contributed by atoms with Crippen molar-refractivity contribution < 1.29 is 0 Å². The lowest BCUT2D eigenvalue weighted by Gasteiger charge is -1.73. The van der Waals surface area contributed by atoms with Gasteiger partial charge in [-0.05, 0) is 18.3 Å². The summed E-state index contributed by atoms with van der Waals surface area (Å²) in [5.41, 5.74) is 0. The Hall–Kier alpha value is -0.330. The van der Waals surface area contributed by atoms with Crippen molar-refractivity contribution in [3.63, 3.8) is 0 Å². The third kappa shape index (κ3) is 0.192. The third-order valence-corrected chi connectivity index (χ3v) is 1.61. The van der Waals surface area contributed by atoms with Crippen molar-refractivity contribution in [3.05, 3.63) is 0 Å². The van der Waals surface area contributed by atoms with Crippen LogP contribution in [0.2, 0.25) is 0 Å². The molecule has 0 aromatic rings. The van der Waals surface area contributed by atoms with Crippen LogP contribution in [0.4, 0.5) is 0 Å². The molecule has 6 heavy (non-hydrogen) atoms. The van der Waals surface area contributed by atoms with Crippen molar-refractivity contribution >= 4 is 6.21 Å². The van der Waals surface area contributed by atoms with E-state index >= 15 is 0 Å². The second-order valence-electron chi connectivity index (χ2n) is 2.17. The van der Waals surface area contributed by atoms with E-state index in [0.717, 1.165) is 18.4 Å². The molecule has 0 spiro atoms. The molecule has 0 unspecified atom stereocenters. The third-order valence-electron chi connectivity index (χ3n) is 1.61. The molecule has 0 aromatic heterocycles. The van der Waals surface area contributed by atoms with Crippen molar-refractivity contribution in [1.29, 1.82) is 0 Å². The first kappa shape index (κ1) is 2.78. The highest BCUT2D eigenvalue weighted by Gasteiger charge is 2.38. The molecule has 1 saturated carbocycles. The fraction of sp³-hybridized carbons (Fsp3) is 0.800. The summed E-state index contributed by atoms with van der Waals surface area (Å²) in [6.45, 7) is 1.13. The summed E-state index contributed by atoms with van der Waals surface area (Å²) in [7, 11) is 0. The van der Waals surface area contributed by atoms with Crippen molar-refractivity contribution in [1.82, 2.24) is 0 Å². The SMILES string of the molecule is C1=NC[C@H]2C[C@@H]12. The molecule has 0 aromatic carbocycles. The summed E-state index contributed by atoms with van der Waals surface area (Å²) in [4.78, 5) is 4.09. The molecule has 1 fully saturated rings. The second kappa shape index (κ2) is 0.673. The minimum atomic E-state index is 0.921. The molecule has 2 atom stereocenters. The monoisotopic (exact) mass is 81.1 g/mol. The molecule has 0 saturated heterocycles. The smallest absolute Gasteiger partial charge is 0.0420 e. The van der Waals surface area contributed by atoms with E-state index in [2.05, 4.69) is 11.2 Å². The molecule has 1 heteroatoms. The zero-order chi connectivity index (χ0) is 3.98. The largest absolute Gasteiger partial charge is 0.297 e. The number of nitrogens with zero attached hydrogens (tertiary/aromatic N) is 1. The van der Waals surface area contributed by atoms with Crippen LogP contribution in [0.1, 0.15) is 6.42 Å². The maximum Gasteiger partial charge on any atom is 0.0420 e. The highest BCUT2D eigenvalue weighted by atomic mass is 14.8. The van der Waals surface area contributed by atoms with Gasteiger partial charge in [0.25, 0.3) is 0 Å². The van der Waals surface area contributed by atoms with Gasteiger partial charge in [0, 0.05) is 12.8 Å². The first-order chi connectivity index (χ1) is 2.97. The lowest BCUT2D eigenvalue weighted by atomic mass is 10.4.